The highest BCUT2D eigenvalue weighted by Crippen LogP contribution is 2.35. The Morgan fingerprint density at radius 2 is 1.97 bits per heavy atom. The first-order chi connectivity index (χ1) is 16.3. The summed E-state index contributed by atoms with van der Waals surface area (Å²) in [5, 5.41) is 9.70. The molecule has 2 aromatic carbocycles. The lowest BCUT2D eigenvalue weighted by molar-refractivity contribution is -0.147. The van der Waals surface area contributed by atoms with Gasteiger partial charge in [-0.05, 0) is 35.8 Å². The smallest absolute Gasteiger partial charge is 0.328 e. The topological polar surface area (TPSA) is 93.1 Å². The number of methoxy groups -OCH3 is 2. The van der Waals surface area contributed by atoms with E-state index in [1.807, 2.05) is 4.90 Å². The normalized spacial score (nSPS) is 18.3. The lowest BCUT2D eigenvalue weighted by atomic mass is 9.98. The molecule has 0 spiro atoms. The third-order valence-corrected chi connectivity index (χ3v) is 7.30. The van der Waals surface area contributed by atoms with Crippen molar-refractivity contribution in [1.29, 1.82) is 0 Å². The molecule has 1 unspecified atom stereocenters. The number of ketones is 1. The van der Waals surface area contributed by atoms with Crippen molar-refractivity contribution in [2.24, 2.45) is 0 Å². The molecule has 1 heterocycles. The first-order valence-corrected chi connectivity index (χ1v) is 12.0. The number of carbonyl (C=O) groups is 3. The summed E-state index contributed by atoms with van der Waals surface area (Å²) in [6, 6.07) is 13.2. The molecule has 1 N–H and O–H groups in total. The van der Waals surface area contributed by atoms with E-state index >= 15 is 0 Å². The van der Waals surface area contributed by atoms with Crippen LogP contribution < -0.4 is 4.74 Å². The fourth-order valence-electron chi connectivity index (χ4n) is 3.93. The van der Waals surface area contributed by atoms with Crippen LogP contribution >= 0.6 is 23.4 Å². The number of carboxylic acids is 1. The van der Waals surface area contributed by atoms with Gasteiger partial charge in [0.15, 0.2) is 5.78 Å². The number of esters is 1. The van der Waals surface area contributed by atoms with E-state index in [1.165, 1.54) is 24.9 Å². The Kier molecular flexibility index (Phi) is 9.15. The minimum atomic E-state index is -1.08. The number of hydrogen-bond acceptors (Lipinski definition) is 7. The van der Waals surface area contributed by atoms with Crippen LogP contribution in [-0.2, 0) is 14.3 Å². The van der Waals surface area contributed by atoms with E-state index < -0.39 is 18.0 Å². The van der Waals surface area contributed by atoms with Crippen molar-refractivity contribution in [3.8, 4) is 5.75 Å². The van der Waals surface area contributed by atoms with Crippen molar-refractivity contribution >= 4 is 41.1 Å². The summed E-state index contributed by atoms with van der Waals surface area (Å²) < 4.78 is 10.2. The molecule has 3 rings (SSSR count). The molecule has 0 bridgehead atoms. The molecule has 0 radical (unpaired) electrons. The first-order valence-electron chi connectivity index (χ1n) is 10.6. The van der Waals surface area contributed by atoms with Gasteiger partial charge < -0.3 is 14.6 Å². The molecule has 0 aliphatic carbocycles. The minimum absolute atomic E-state index is 0.0653. The number of ether oxygens (including phenoxy) is 2. The molecular weight excluding hydrogens is 484 g/mol. The quantitative estimate of drug-likeness (QED) is 0.304. The summed E-state index contributed by atoms with van der Waals surface area (Å²) in [7, 11) is 2.85. The maximum atomic E-state index is 12.7. The van der Waals surface area contributed by atoms with E-state index in [9.17, 15) is 19.5 Å². The predicted molar refractivity (Wildman–Crippen MR) is 132 cm³/mol. The van der Waals surface area contributed by atoms with Gasteiger partial charge in [-0.1, -0.05) is 41.9 Å². The second-order valence-corrected chi connectivity index (χ2v) is 9.32. The second-order valence-electron chi connectivity index (χ2n) is 7.72. The molecule has 0 saturated carbocycles. The number of piperidine rings is 1. The number of carbonyl (C=O) groups excluding carboxylic acids is 2. The Morgan fingerprint density at radius 1 is 1.21 bits per heavy atom. The number of aliphatic carboxylic acids is 1. The molecule has 34 heavy (non-hydrogen) atoms. The van der Waals surface area contributed by atoms with Crippen LogP contribution in [0.3, 0.4) is 0 Å². The van der Waals surface area contributed by atoms with Gasteiger partial charge in [-0.2, -0.15) is 0 Å². The SMILES string of the molecule is COC(=O)[C@H](c1ccccc1Cl)N1CCC(SCC(=O)[13c]2[13cH][13cH][13cH][13c](OC)[13cH]2)/C(=C/C(=O)O)C1. The zero-order valence-electron chi connectivity index (χ0n) is 18.9. The predicted octanol–water partition coefficient (Wildman–Crippen LogP) is 4.26. The summed E-state index contributed by atoms with van der Waals surface area (Å²) in [5.74, 6) is -0.815. The molecule has 1 aliphatic rings. The Bertz CT molecular complexity index is 1090. The van der Waals surface area contributed by atoms with E-state index in [-0.39, 0.29) is 23.3 Å². The summed E-state index contributed by atoms with van der Waals surface area (Å²) >= 11 is 7.76. The van der Waals surface area contributed by atoms with Crippen LogP contribution in [0.25, 0.3) is 0 Å². The van der Waals surface area contributed by atoms with Crippen LogP contribution in [-0.4, -0.2) is 66.0 Å². The molecule has 0 aromatic heterocycles. The third-order valence-electron chi connectivity index (χ3n) is 5.58. The van der Waals surface area contributed by atoms with E-state index in [0.29, 0.717) is 40.4 Å². The number of carboxylic acid groups (broad SMARTS) is 1. The van der Waals surface area contributed by atoms with Crippen LogP contribution in [0.5, 0.6) is 5.75 Å². The van der Waals surface area contributed by atoms with Crippen LogP contribution in [0.15, 0.2) is 60.2 Å². The molecule has 2 atom stereocenters. The van der Waals surface area contributed by atoms with Gasteiger partial charge in [0.05, 0.1) is 20.0 Å². The standard InChI is InChI=1S/C25H26ClNO6S/c1-32-18-7-5-6-16(12-18)21(28)15-34-22-10-11-27(14-17(22)13-23(29)30)24(25(31)33-2)19-8-3-4-9-20(19)26/h3-9,12-13,22,24H,10-11,14-15H2,1-2H3,(H,29,30)/b17-13+/t22?,24-/m0/s1/i5+1,6+1,7+1,12+1,16+1,18+1. The Morgan fingerprint density at radius 3 is 2.65 bits per heavy atom. The molecule has 1 saturated heterocycles. The summed E-state index contributed by atoms with van der Waals surface area (Å²) in [5.41, 5.74) is 1.77. The first kappa shape index (κ1) is 25.8. The Hall–Kier alpha value is -2.81. The molecule has 1 fully saturated rings. The van der Waals surface area contributed by atoms with E-state index in [1.54, 1.807) is 55.6 Å². The lowest BCUT2D eigenvalue weighted by Crippen LogP contribution is -2.43. The van der Waals surface area contributed by atoms with Gasteiger partial charge in [0.25, 0.3) is 0 Å². The molecule has 7 nitrogen and oxygen atoms in total. The maximum Gasteiger partial charge on any atom is 0.328 e. The molecule has 0 amide bonds. The monoisotopic (exact) mass is 509 g/mol. The van der Waals surface area contributed by atoms with E-state index in [2.05, 4.69) is 0 Å². The Labute approximate surface area is 207 Å². The van der Waals surface area contributed by atoms with Crippen molar-refractivity contribution in [3.63, 3.8) is 0 Å². The highest BCUT2D eigenvalue weighted by Gasteiger charge is 2.35. The van der Waals surface area contributed by atoms with Crippen molar-refractivity contribution in [2.45, 2.75) is 17.7 Å². The minimum Gasteiger partial charge on any atom is -0.497 e. The van der Waals surface area contributed by atoms with Crippen LogP contribution in [0.2, 0.25) is 5.02 Å². The highest BCUT2D eigenvalue weighted by atomic mass is 35.5. The van der Waals surface area contributed by atoms with Crippen LogP contribution in [0.1, 0.15) is 28.4 Å². The average Bonchev–Trinajstić information content (AvgIpc) is 2.84. The molecule has 2 aromatic rings. The molecule has 180 valence electrons. The second kappa shape index (κ2) is 12.1. The van der Waals surface area contributed by atoms with Gasteiger partial charge in [-0.3, -0.25) is 9.69 Å². The summed E-state index contributed by atoms with van der Waals surface area (Å²) in [6.45, 7) is 0.745. The molecule has 9 heteroatoms. The number of hydrogen-bond donors (Lipinski definition) is 1. The fraction of sp³-hybridized carbons (Fsp3) is 0.320. The fourth-order valence-corrected chi connectivity index (χ4v) is 5.32. The van der Waals surface area contributed by atoms with Crippen LogP contribution in [0, 0.1) is 0 Å². The van der Waals surface area contributed by atoms with Gasteiger partial charge in [-0.15, -0.1) is 11.8 Å². The van der Waals surface area contributed by atoms with Crippen molar-refractivity contribution in [1.82, 2.24) is 4.90 Å². The van der Waals surface area contributed by atoms with Crippen LogP contribution in [0.4, 0.5) is 0 Å². The van der Waals surface area contributed by atoms with Crippen molar-refractivity contribution in [3.05, 3.63) is 76.3 Å². The average molecular weight is 510 g/mol. The van der Waals surface area contributed by atoms with Gasteiger partial charge in [0, 0.05) is 35.0 Å². The number of thioether (sulfide) groups is 1. The lowest BCUT2D eigenvalue weighted by Gasteiger charge is -2.38. The number of nitrogens with zero attached hydrogens (tertiary/aromatic N) is 1. The zero-order valence-corrected chi connectivity index (χ0v) is 20.5. The Balaban J connectivity index is 1.77. The van der Waals surface area contributed by atoms with Gasteiger partial charge in [0.2, 0.25) is 0 Å². The largest absolute Gasteiger partial charge is 0.497 e. The summed E-state index contributed by atoms with van der Waals surface area (Å²) in [6.07, 6.45) is 1.73. The zero-order chi connectivity index (χ0) is 24.7. The number of benzene rings is 2. The third kappa shape index (κ3) is 6.40. The summed E-state index contributed by atoms with van der Waals surface area (Å²) in [4.78, 5) is 38.8. The van der Waals surface area contributed by atoms with E-state index in [0.717, 1.165) is 0 Å². The van der Waals surface area contributed by atoms with Gasteiger partial charge >= 0.3 is 11.9 Å². The van der Waals surface area contributed by atoms with Gasteiger partial charge in [0.1, 0.15) is 11.8 Å². The molecular formula is C25H26ClNO6S. The molecule has 1 aliphatic heterocycles. The van der Waals surface area contributed by atoms with E-state index in [4.69, 9.17) is 21.1 Å². The number of halogens is 1. The number of rotatable bonds is 9. The van der Waals surface area contributed by atoms with Crippen molar-refractivity contribution in [2.75, 3.05) is 33.1 Å². The number of Topliss-reactive ketones (excluding diaryl/α,β-unsaturated/α-hetero) is 1. The highest BCUT2D eigenvalue weighted by molar-refractivity contribution is 8.00. The maximum absolute atomic E-state index is 12.7. The number of likely N-dealkylation sites (tertiary alicyclic amines) is 1. The van der Waals surface area contributed by atoms with Crippen molar-refractivity contribution < 1.29 is 29.0 Å². The van der Waals surface area contributed by atoms with Gasteiger partial charge in [-0.25, -0.2) is 9.59 Å².